The van der Waals surface area contributed by atoms with Gasteiger partial charge in [0.25, 0.3) is 0 Å². The van der Waals surface area contributed by atoms with Crippen molar-refractivity contribution < 1.29 is 28.9 Å². The van der Waals surface area contributed by atoms with Crippen LogP contribution in [0.15, 0.2) is 61.2 Å². The van der Waals surface area contributed by atoms with Crippen molar-refractivity contribution in [2.45, 2.75) is 6.92 Å². The number of phenols is 1. The van der Waals surface area contributed by atoms with E-state index in [0.29, 0.717) is 23.7 Å². The van der Waals surface area contributed by atoms with Crippen LogP contribution in [0.25, 0.3) is 0 Å². The van der Waals surface area contributed by atoms with Gasteiger partial charge < -0.3 is 19.3 Å². The lowest BCUT2D eigenvalue weighted by Crippen LogP contribution is -2.17. The third-order valence-corrected chi connectivity index (χ3v) is 3.35. The van der Waals surface area contributed by atoms with E-state index in [0.717, 1.165) is 6.08 Å². The summed E-state index contributed by atoms with van der Waals surface area (Å²) in [6.45, 7) is 5.82. The molecule has 6 heteroatoms. The zero-order valence-electron chi connectivity index (χ0n) is 14.4. The Kier molecular flexibility index (Phi) is 6.79. The Morgan fingerprint density at radius 3 is 2.27 bits per heavy atom. The number of rotatable bonds is 8. The molecule has 26 heavy (non-hydrogen) atoms. The van der Waals surface area contributed by atoms with E-state index in [1.54, 1.807) is 24.3 Å². The minimum atomic E-state index is -0.507. The Morgan fingerprint density at radius 1 is 1.04 bits per heavy atom. The van der Waals surface area contributed by atoms with Gasteiger partial charge >= 0.3 is 11.9 Å². The summed E-state index contributed by atoms with van der Waals surface area (Å²) in [6, 6.07) is 12.4. The van der Waals surface area contributed by atoms with E-state index in [9.17, 15) is 14.7 Å². The van der Waals surface area contributed by atoms with Crippen LogP contribution < -0.4 is 9.47 Å². The molecule has 0 heterocycles. The average molecular weight is 356 g/mol. The molecule has 0 aliphatic rings. The van der Waals surface area contributed by atoms with E-state index in [4.69, 9.17) is 14.2 Å². The molecule has 1 N–H and O–H groups in total. The summed E-state index contributed by atoms with van der Waals surface area (Å²) >= 11 is 0. The Hall–Kier alpha value is -3.28. The topological polar surface area (TPSA) is 82.1 Å². The van der Waals surface area contributed by atoms with Crippen molar-refractivity contribution in [1.82, 2.24) is 0 Å². The number of aromatic hydroxyl groups is 1. The van der Waals surface area contributed by atoms with E-state index < -0.39 is 11.9 Å². The van der Waals surface area contributed by atoms with Crippen molar-refractivity contribution in [2.24, 2.45) is 5.92 Å². The molecular weight excluding hydrogens is 336 g/mol. The quantitative estimate of drug-likeness (QED) is 0.444. The van der Waals surface area contributed by atoms with Crippen molar-refractivity contribution in [3.63, 3.8) is 0 Å². The number of esters is 2. The van der Waals surface area contributed by atoms with Gasteiger partial charge in [0.1, 0.15) is 17.2 Å². The van der Waals surface area contributed by atoms with Gasteiger partial charge in [0.05, 0.1) is 18.8 Å². The molecule has 136 valence electrons. The van der Waals surface area contributed by atoms with E-state index in [1.165, 1.54) is 24.3 Å². The zero-order valence-corrected chi connectivity index (χ0v) is 14.4. The standard InChI is InChI=1S/C20H20O6/c1-3-19(22)25-13-14(2)12-24-17-8-4-15(5-9-17)20(23)26-18-10-6-16(21)7-11-18/h3-11,14,21H,1,12-13H2,2H3. The van der Waals surface area contributed by atoms with Gasteiger partial charge in [0, 0.05) is 12.0 Å². The highest BCUT2D eigenvalue weighted by molar-refractivity contribution is 5.91. The summed E-state index contributed by atoms with van der Waals surface area (Å²) < 4.78 is 15.8. The van der Waals surface area contributed by atoms with Crippen molar-refractivity contribution in [3.05, 3.63) is 66.7 Å². The maximum absolute atomic E-state index is 12.1. The highest BCUT2D eigenvalue weighted by atomic mass is 16.5. The van der Waals surface area contributed by atoms with Gasteiger partial charge in [-0.15, -0.1) is 0 Å². The summed E-state index contributed by atoms with van der Waals surface area (Å²) in [7, 11) is 0. The number of ether oxygens (including phenoxy) is 3. The first kappa shape index (κ1) is 19.1. The number of hydrogen-bond acceptors (Lipinski definition) is 6. The molecule has 0 spiro atoms. The summed E-state index contributed by atoms with van der Waals surface area (Å²) in [5.74, 6) is 0.0715. The predicted octanol–water partition coefficient (Wildman–Crippen LogP) is 3.36. The number of hydrogen-bond donors (Lipinski definition) is 1. The molecule has 2 rings (SSSR count). The van der Waals surface area contributed by atoms with E-state index in [1.807, 2.05) is 6.92 Å². The molecule has 0 aliphatic carbocycles. The van der Waals surface area contributed by atoms with Gasteiger partial charge in [-0.3, -0.25) is 0 Å². The summed E-state index contributed by atoms with van der Waals surface area (Å²) in [5, 5.41) is 9.22. The molecule has 0 aliphatic heterocycles. The van der Waals surface area contributed by atoms with E-state index >= 15 is 0 Å². The first-order valence-corrected chi connectivity index (χ1v) is 8.01. The molecular formula is C20H20O6. The Bertz CT molecular complexity index is 749. The van der Waals surface area contributed by atoms with E-state index in [-0.39, 0.29) is 18.3 Å². The summed E-state index contributed by atoms with van der Waals surface area (Å²) in [4.78, 5) is 23.1. The van der Waals surface area contributed by atoms with Crippen LogP contribution in [0.1, 0.15) is 17.3 Å². The molecule has 0 saturated carbocycles. The number of phenolic OH excluding ortho intramolecular Hbond substituents is 1. The molecule has 1 atom stereocenters. The maximum atomic E-state index is 12.1. The molecule has 0 bridgehead atoms. The first-order chi connectivity index (χ1) is 12.5. The maximum Gasteiger partial charge on any atom is 0.343 e. The minimum absolute atomic E-state index is 0.0121. The van der Waals surface area contributed by atoms with Crippen LogP contribution in [0.5, 0.6) is 17.2 Å². The number of benzene rings is 2. The fraction of sp³-hybridized carbons (Fsp3) is 0.200. The molecule has 0 fully saturated rings. The van der Waals surface area contributed by atoms with E-state index in [2.05, 4.69) is 6.58 Å². The Morgan fingerprint density at radius 2 is 1.65 bits per heavy atom. The van der Waals surface area contributed by atoms with Gasteiger partial charge in [-0.25, -0.2) is 9.59 Å². The smallest absolute Gasteiger partial charge is 0.343 e. The monoisotopic (exact) mass is 356 g/mol. The van der Waals surface area contributed by atoms with Crippen LogP contribution in [0.3, 0.4) is 0 Å². The fourth-order valence-electron chi connectivity index (χ4n) is 1.94. The minimum Gasteiger partial charge on any atom is -0.508 e. The van der Waals surface area contributed by atoms with Gasteiger partial charge in [0.15, 0.2) is 0 Å². The molecule has 2 aromatic carbocycles. The van der Waals surface area contributed by atoms with Gasteiger partial charge in [-0.1, -0.05) is 13.5 Å². The first-order valence-electron chi connectivity index (χ1n) is 8.01. The zero-order chi connectivity index (χ0) is 18.9. The molecule has 0 saturated heterocycles. The molecule has 0 radical (unpaired) electrons. The van der Waals surface area contributed by atoms with Crippen molar-refractivity contribution in [1.29, 1.82) is 0 Å². The Labute approximate surface area is 151 Å². The van der Waals surface area contributed by atoms with Crippen molar-refractivity contribution in [2.75, 3.05) is 13.2 Å². The van der Waals surface area contributed by atoms with Crippen LogP contribution in [0.2, 0.25) is 0 Å². The van der Waals surface area contributed by atoms with Crippen molar-refractivity contribution >= 4 is 11.9 Å². The second-order valence-electron chi connectivity index (χ2n) is 5.66. The normalized spacial score (nSPS) is 11.3. The second-order valence-corrected chi connectivity index (χ2v) is 5.66. The third-order valence-electron chi connectivity index (χ3n) is 3.35. The van der Waals surface area contributed by atoms with Crippen LogP contribution >= 0.6 is 0 Å². The van der Waals surface area contributed by atoms with Crippen molar-refractivity contribution in [3.8, 4) is 17.2 Å². The number of carbonyl (C=O) groups is 2. The largest absolute Gasteiger partial charge is 0.508 e. The highest BCUT2D eigenvalue weighted by Crippen LogP contribution is 2.19. The second kappa shape index (κ2) is 9.27. The number of carbonyl (C=O) groups excluding carboxylic acids is 2. The molecule has 0 aromatic heterocycles. The third kappa shape index (κ3) is 5.98. The molecule has 1 unspecified atom stereocenters. The fourth-order valence-corrected chi connectivity index (χ4v) is 1.94. The summed E-state index contributed by atoms with van der Waals surface area (Å²) in [6.07, 6.45) is 1.11. The molecule has 6 nitrogen and oxygen atoms in total. The predicted molar refractivity (Wildman–Crippen MR) is 95.3 cm³/mol. The summed E-state index contributed by atoms with van der Waals surface area (Å²) in [5.41, 5.74) is 0.374. The lowest BCUT2D eigenvalue weighted by Gasteiger charge is -2.13. The highest BCUT2D eigenvalue weighted by Gasteiger charge is 2.10. The Balaban J connectivity index is 1.83. The average Bonchev–Trinajstić information content (AvgIpc) is 2.66. The van der Waals surface area contributed by atoms with Crippen LogP contribution in [0.4, 0.5) is 0 Å². The lowest BCUT2D eigenvalue weighted by atomic mass is 10.2. The van der Waals surface area contributed by atoms with Gasteiger partial charge in [-0.2, -0.15) is 0 Å². The molecule has 2 aromatic rings. The SMILES string of the molecule is C=CC(=O)OCC(C)COc1ccc(C(=O)Oc2ccc(O)cc2)cc1. The van der Waals surface area contributed by atoms with Crippen LogP contribution in [-0.2, 0) is 9.53 Å². The van der Waals surface area contributed by atoms with Crippen LogP contribution in [-0.4, -0.2) is 30.3 Å². The van der Waals surface area contributed by atoms with Gasteiger partial charge in [0.2, 0.25) is 0 Å². The molecule has 0 amide bonds. The van der Waals surface area contributed by atoms with Gasteiger partial charge in [-0.05, 0) is 48.5 Å². The lowest BCUT2D eigenvalue weighted by molar-refractivity contribution is -0.139. The van der Waals surface area contributed by atoms with Crippen LogP contribution in [0, 0.1) is 5.92 Å².